The third kappa shape index (κ3) is 2.93. The number of nitrogens with zero attached hydrogens (tertiary/aromatic N) is 3. The van der Waals surface area contributed by atoms with E-state index in [0.717, 1.165) is 5.69 Å². The zero-order valence-corrected chi connectivity index (χ0v) is 12.3. The Balaban J connectivity index is 1.78. The van der Waals surface area contributed by atoms with Crippen molar-refractivity contribution in [2.24, 2.45) is 0 Å². The number of anilines is 1. The summed E-state index contributed by atoms with van der Waals surface area (Å²) in [5.74, 6) is 0.907. The highest BCUT2D eigenvalue weighted by molar-refractivity contribution is 6.04. The Labute approximate surface area is 128 Å². The maximum Gasteiger partial charge on any atom is 0.293 e. The van der Waals surface area contributed by atoms with Crippen molar-refractivity contribution in [3.05, 3.63) is 72.4 Å². The molecule has 3 rings (SSSR count). The lowest BCUT2D eigenvalue weighted by molar-refractivity contribution is 0.0959. The molecule has 2 heterocycles. The second-order valence-corrected chi connectivity index (χ2v) is 4.85. The third-order valence-corrected chi connectivity index (χ3v) is 3.38. The van der Waals surface area contributed by atoms with Gasteiger partial charge in [0.1, 0.15) is 5.76 Å². The first-order valence-corrected chi connectivity index (χ1v) is 7.21. The predicted octanol–water partition coefficient (Wildman–Crippen LogP) is 3.19. The fourth-order valence-corrected chi connectivity index (χ4v) is 2.32. The monoisotopic (exact) mass is 295 g/mol. The molecule has 0 saturated carbocycles. The Bertz CT molecular complexity index is 732. The van der Waals surface area contributed by atoms with Crippen LogP contribution in [-0.2, 0) is 6.54 Å². The number of aromatic nitrogens is 2. The minimum Gasteiger partial charge on any atom is -0.454 e. The molecule has 0 aliphatic carbocycles. The van der Waals surface area contributed by atoms with Crippen LogP contribution in [0.15, 0.2) is 65.3 Å². The van der Waals surface area contributed by atoms with Crippen LogP contribution >= 0.6 is 0 Å². The summed E-state index contributed by atoms with van der Waals surface area (Å²) in [4.78, 5) is 14.3. The van der Waals surface area contributed by atoms with Gasteiger partial charge in [0.25, 0.3) is 5.91 Å². The second-order valence-electron chi connectivity index (χ2n) is 4.85. The number of hydrogen-bond acceptors (Lipinski definition) is 3. The number of rotatable bonds is 5. The Morgan fingerprint density at radius 2 is 2.00 bits per heavy atom. The van der Waals surface area contributed by atoms with Crippen molar-refractivity contribution >= 4 is 11.6 Å². The van der Waals surface area contributed by atoms with E-state index < -0.39 is 0 Å². The second kappa shape index (κ2) is 6.30. The van der Waals surface area contributed by atoms with Crippen LogP contribution in [0.1, 0.15) is 23.2 Å². The van der Waals surface area contributed by atoms with Crippen molar-refractivity contribution in [1.29, 1.82) is 0 Å². The molecule has 2 aromatic heterocycles. The normalized spacial score (nSPS) is 10.6. The van der Waals surface area contributed by atoms with Gasteiger partial charge in [-0.1, -0.05) is 18.2 Å². The largest absolute Gasteiger partial charge is 0.454 e. The van der Waals surface area contributed by atoms with Crippen LogP contribution in [-0.4, -0.2) is 22.2 Å². The molecule has 22 heavy (non-hydrogen) atoms. The Kier molecular flexibility index (Phi) is 4.05. The molecule has 0 saturated heterocycles. The van der Waals surface area contributed by atoms with Crippen molar-refractivity contribution in [1.82, 2.24) is 9.78 Å². The first-order chi connectivity index (χ1) is 10.8. The van der Waals surface area contributed by atoms with Gasteiger partial charge in [-0.05, 0) is 37.3 Å². The van der Waals surface area contributed by atoms with E-state index in [2.05, 4.69) is 5.10 Å². The predicted molar refractivity (Wildman–Crippen MR) is 83.8 cm³/mol. The van der Waals surface area contributed by atoms with Crippen LogP contribution in [0, 0.1) is 0 Å². The SMILES string of the molecule is CCN(C(=O)c1ccc(Cn2cccn2)o1)c1ccccc1. The smallest absolute Gasteiger partial charge is 0.293 e. The topological polar surface area (TPSA) is 51.3 Å². The average Bonchev–Trinajstić information content (AvgIpc) is 3.21. The molecule has 0 radical (unpaired) electrons. The van der Waals surface area contributed by atoms with Crippen molar-refractivity contribution in [3.63, 3.8) is 0 Å². The molecule has 0 N–H and O–H groups in total. The minimum absolute atomic E-state index is 0.139. The standard InChI is InChI=1S/C17H17N3O2/c1-2-20(14-7-4-3-5-8-14)17(21)16-10-9-15(22-16)13-19-12-6-11-18-19/h3-12H,2,13H2,1H3. The van der Waals surface area contributed by atoms with Crippen LogP contribution in [0.4, 0.5) is 5.69 Å². The van der Waals surface area contributed by atoms with E-state index in [-0.39, 0.29) is 5.91 Å². The van der Waals surface area contributed by atoms with Crippen LogP contribution in [0.2, 0.25) is 0 Å². The molecule has 0 atom stereocenters. The van der Waals surface area contributed by atoms with Crippen LogP contribution in [0.25, 0.3) is 0 Å². The van der Waals surface area contributed by atoms with Crippen LogP contribution < -0.4 is 4.90 Å². The lowest BCUT2D eigenvalue weighted by atomic mass is 10.2. The number of furan rings is 1. The first kappa shape index (κ1) is 14.1. The maximum absolute atomic E-state index is 12.6. The molecule has 3 aromatic rings. The molecular weight excluding hydrogens is 278 g/mol. The Morgan fingerprint density at radius 3 is 2.68 bits per heavy atom. The van der Waals surface area contributed by atoms with Gasteiger partial charge in [0.15, 0.2) is 5.76 Å². The lowest BCUT2D eigenvalue weighted by Gasteiger charge is -2.19. The average molecular weight is 295 g/mol. The van der Waals surface area contributed by atoms with Crippen molar-refractivity contribution in [2.75, 3.05) is 11.4 Å². The molecule has 5 nitrogen and oxygen atoms in total. The van der Waals surface area contributed by atoms with E-state index in [1.54, 1.807) is 21.8 Å². The minimum atomic E-state index is -0.139. The fraction of sp³-hybridized carbons (Fsp3) is 0.176. The Morgan fingerprint density at radius 1 is 1.18 bits per heavy atom. The highest BCUT2D eigenvalue weighted by Gasteiger charge is 2.19. The summed E-state index contributed by atoms with van der Waals surface area (Å²) in [5, 5.41) is 4.13. The van der Waals surface area contributed by atoms with Gasteiger partial charge in [-0.2, -0.15) is 5.10 Å². The van der Waals surface area contributed by atoms with Crippen LogP contribution in [0.5, 0.6) is 0 Å². The molecule has 0 aliphatic rings. The number of carbonyl (C=O) groups excluding carboxylic acids is 1. The Hall–Kier alpha value is -2.82. The van der Waals surface area contributed by atoms with Gasteiger partial charge in [-0.25, -0.2) is 0 Å². The number of amides is 1. The van der Waals surface area contributed by atoms with E-state index in [1.165, 1.54) is 0 Å². The molecule has 0 aliphatic heterocycles. The van der Waals surface area contributed by atoms with Gasteiger partial charge in [0.05, 0.1) is 6.54 Å². The van der Waals surface area contributed by atoms with E-state index in [9.17, 15) is 4.79 Å². The summed E-state index contributed by atoms with van der Waals surface area (Å²) in [6.45, 7) is 3.04. The van der Waals surface area contributed by atoms with Gasteiger partial charge in [0.2, 0.25) is 0 Å². The van der Waals surface area contributed by atoms with E-state index in [4.69, 9.17) is 4.42 Å². The highest BCUT2D eigenvalue weighted by atomic mass is 16.4. The summed E-state index contributed by atoms with van der Waals surface area (Å²) in [6, 6.07) is 15.0. The number of para-hydroxylation sites is 1. The van der Waals surface area contributed by atoms with Gasteiger partial charge < -0.3 is 9.32 Å². The molecule has 0 unspecified atom stereocenters. The van der Waals surface area contributed by atoms with Crippen LogP contribution in [0.3, 0.4) is 0 Å². The zero-order valence-electron chi connectivity index (χ0n) is 12.3. The summed E-state index contributed by atoms with van der Waals surface area (Å²) >= 11 is 0. The molecule has 1 amide bonds. The van der Waals surface area contributed by atoms with E-state index >= 15 is 0 Å². The number of benzene rings is 1. The van der Waals surface area contributed by atoms with Crippen molar-refractivity contribution in [2.45, 2.75) is 13.5 Å². The number of hydrogen-bond donors (Lipinski definition) is 0. The van der Waals surface area contributed by atoms with Gasteiger partial charge in [0, 0.05) is 24.6 Å². The lowest BCUT2D eigenvalue weighted by Crippen LogP contribution is -2.30. The van der Waals surface area contributed by atoms with Crippen molar-refractivity contribution < 1.29 is 9.21 Å². The van der Waals surface area contributed by atoms with Gasteiger partial charge in [-0.3, -0.25) is 9.48 Å². The van der Waals surface area contributed by atoms with Crippen molar-refractivity contribution in [3.8, 4) is 0 Å². The fourth-order valence-electron chi connectivity index (χ4n) is 2.32. The quantitative estimate of drug-likeness (QED) is 0.726. The molecule has 5 heteroatoms. The summed E-state index contributed by atoms with van der Waals surface area (Å²) < 4.78 is 7.42. The van der Waals surface area contributed by atoms with Gasteiger partial charge >= 0.3 is 0 Å². The number of carbonyl (C=O) groups is 1. The molecule has 0 bridgehead atoms. The van der Waals surface area contributed by atoms with E-state index in [1.807, 2.05) is 55.6 Å². The molecule has 0 spiro atoms. The molecule has 112 valence electrons. The maximum atomic E-state index is 12.6. The summed E-state index contributed by atoms with van der Waals surface area (Å²) in [6.07, 6.45) is 3.57. The zero-order chi connectivity index (χ0) is 15.4. The first-order valence-electron chi connectivity index (χ1n) is 7.21. The summed E-state index contributed by atoms with van der Waals surface area (Å²) in [7, 11) is 0. The van der Waals surface area contributed by atoms with E-state index in [0.29, 0.717) is 24.6 Å². The molecule has 0 fully saturated rings. The summed E-state index contributed by atoms with van der Waals surface area (Å²) in [5.41, 5.74) is 0.861. The third-order valence-electron chi connectivity index (χ3n) is 3.38. The highest BCUT2D eigenvalue weighted by Crippen LogP contribution is 2.18. The van der Waals surface area contributed by atoms with Gasteiger partial charge in [-0.15, -0.1) is 0 Å². The molecule has 1 aromatic carbocycles. The molecular formula is C17H17N3O2.